The molecule has 0 heterocycles. The van der Waals surface area contributed by atoms with E-state index < -0.39 is 0 Å². The Morgan fingerprint density at radius 1 is 1.00 bits per heavy atom. The molecular formula is C11H19Cl2OTi. The van der Waals surface area contributed by atoms with Crippen LogP contribution in [-0.2, 0) is 21.7 Å². The van der Waals surface area contributed by atoms with Crippen LogP contribution in [-0.4, -0.2) is 12.2 Å². The van der Waals surface area contributed by atoms with Crippen molar-refractivity contribution in [3.63, 3.8) is 0 Å². The molecule has 1 rings (SSSR count). The van der Waals surface area contributed by atoms with E-state index in [9.17, 15) is 0 Å². The van der Waals surface area contributed by atoms with Gasteiger partial charge in [0, 0.05) is 7.11 Å². The Kier molecular flexibility index (Phi) is 16.4. The Morgan fingerprint density at radius 2 is 1.33 bits per heavy atom. The van der Waals surface area contributed by atoms with Gasteiger partial charge in [0.05, 0.1) is 0 Å². The zero-order valence-electron chi connectivity index (χ0n) is 10.2. The summed E-state index contributed by atoms with van der Waals surface area (Å²) in [6, 6.07) is 0. The Balaban J connectivity index is -0.000000114. The van der Waals surface area contributed by atoms with Crippen molar-refractivity contribution in [2.45, 2.75) is 34.6 Å². The molecule has 1 nitrogen and oxygen atoms in total. The minimum Gasteiger partial charge on any atom is -1.00 e. The Bertz CT molecular complexity index is 233. The molecular weight excluding hydrogens is 267 g/mol. The van der Waals surface area contributed by atoms with E-state index in [0.717, 1.165) is 7.11 Å². The molecule has 1 aliphatic carbocycles. The van der Waals surface area contributed by atoms with E-state index in [0.29, 0.717) is 0 Å². The molecule has 1 aliphatic rings. The monoisotopic (exact) mass is 285 g/mol. The van der Waals surface area contributed by atoms with Crippen molar-refractivity contribution in [1.82, 2.24) is 0 Å². The summed E-state index contributed by atoms with van der Waals surface area (Å²) in [5, 5.41) is 7.00. The Labute approximate surface area is 121 Å². The van der Waals surface area contributed by atoms with Gasteiger partial charge in [0.25, 0.3) is 0 Å². The molecule has 0 unspecified atom stereocenters. The van der Waals surface area contributed by atoms with Gasteiger partial charge in [0.1, 0.15) is 0 Å². The molecule has 0 aliphatic heterocycles. The molecule has 0 bridgehead atoms. The van der Waals surface area contributed by atoms with Gasteiger partial charge in [-0.1, -0.05) is 33.1 Å². The Morgan fingerprint density at radius 3 is 1.40 bits per heavy atom. The van der Waals surface area contributed by atoms with Gasteiger partial charge in [-0.2, -0.15) is 11.1 Å². The normalized spacial score (nSPS) is 16.1. The molecule has 1 N–H and O–H groups in total. The van der Waals surface area contributed by atoms with Crippen LogP contribution in [0.25, 0.3) is 0 Å². The van der Waals surface area contributed by atoms with Crippen molar-refractivity contribution in [3.8, 4) is 0 Å². The zero-order chi connectivity index (χ0) is 9.94. The van der Waals surface area contributed by atoms with E-state index in [1.807, 2.05) is 0 Å². The second kappa shape index (κ2) is 9.92. The van der Waals surface area contributed by atoms with E-state index in [-0.39, 0.29) is 51.9 Å². The fourth-order valence-corrected chi connectivity index (χ4v) is 1.41. The maximum atomic E-state index is 7.00. The molecule has 0 aromatic carbocycles. The fraction of sp³-hybridized carbons (Fsp3) is 0.636. The first-order valence-electron chi connectivity index (χ1n) is 4.20. The number of allylic oxidation sites excluding steroid dienone is 4. The van der Waals surface area contributed by atoms with Crippen molar-refractivity contribution < 1.29 is 51.6 Å². The number of hydrogen-bond acceptors (Lipinski definition) is 1. The van der Waals surface area contributed by atoms with Crippen LogP contribution in [0.3, 0.4) is 0 Å². The molecule has 0 spiro atoms. The SMILES string of the molecule is CC1=[C-]C(C)(C)C(C)=C1C.CO.[Cl-].[Cl-].[Ti+3]. The largest absolute Gasteiger partial charge is 3.00 e. The topological polar surface area (TPSA) is 20.2 Å². The third-order valence-corrected chi connectivity index (χ3v) is 2.56. The van der Waals surface area contributed by atoms with Crippen LogP contribution in [0.5, 0.6) is 0 Å². The first-order chi connectivity index (χ1) is 5.45. The average Bonchev–Trinajstić information content (AvgIpc) is 2.19. The van der Waals surface area contributed by atoms with Gasteiger partial charge in [-0.05, 0) is 0 Å². The summed E-state index contributed by atoms with van der Waals surface area (Å²) in [7, 11) is 1.00. The van der Waals surface area contributed by atoms with Crippen molar-refractivity contribution in [1.29, 1.82) is 0 Å². The third-order valence-electron chi connectivity index (χ3n) is 2.56. The Hall–Kier alpha value is 0.734. The minimum atomic E-state index is 0. The van der Waals surface area contributed by atoms with Gasteiger partial charge in [0.15, 0.2) is 0 Å². The van der Waals surface area contributed by atoms with Crippen LogP contribution in [0, 0.1) is 11.5 Å². The number of halogens is 2. The van der Waals surface area contributed by atoms with E-state index in [1.165, 1.54) is 16.7 Å². The maximum Gasteiger partial charge on any atom is 3.00 e. The van der Waals surface area contributed by atoms with Crippen LogP contribution in [0.15, 0.2) is 16.7 Å². The standard InChI is InChI=1S/C10H15.CH4O.2ClH.Ti/c1-7-6-10(4,5)9(3)8(7)2;1-2;;;/h1-5H3;2H,1H3;2*1H;/q-1;;;;+3/p-2. The second-order valence-corrected chi connectivity index (χ2v) is 3.62. The number of aliphatic hydroxyl groups is 1. The van der Waals surface area contributed by atoms with Crippen molar-refractivity contribution in [2.75, 3.05) is 7.11 Å². The first-order valence-corrected chi connectivity index (χ1v) is 4.20. The van der Waals surface area contributed by atoms with Gasteiger partial charge in [0.2, 0.25) is 0 Å². The molecule has 0 amide bonds. The van der Waals surface area contributed by atoms with Crippen LogP contribution in [0.4, 0.5) is 0 Å². The van der Waals surface area contributed by atoms with Gasteiger partial charge >= 0.3 is 21.7 Å². The van der Waals surface area contributed by atoms with E-state index >= 15 is 0 Å². The fourth-order valence-electron chi connectivity index (χ4n) is 1.41. The first kappa shape index (κ1) is 24.8. The summed E-state index contributed by atoms with van der Waals surface area (Å²) in [6.45, 7) is 10.9. The molecule has 0 aromatic heterocycles. The minimum absolute atomic E-state index is 0. The molecule has 0 saturated heterocycles. The van der Waals surface area contributed by atoms with Gasteiger partial charge in [-0.15, -0.1) is 6.92 Å². The van der Waals surface area contributed by atoms with Crippen molar-refractivity contribution >= 4 is 0 Å². The predicted octanol–water partition coefficient (Wildman–Crippen LogP) is -3.27. The predicted molar refractivity (Wildman–Crippen MR) is 52.7 cm³/mol. The molecule has 0 fully saturated rings. The summed E-state index contributed by atoms with van der Waals surface area (Å²) in [5.41, 5.74) is 4.39. The van der Waals surface area contributed by atoms with Crippen LogP contribution in [0.1, 0.15) is 34.6 Å². The van der Waals surface area contributed by atoms with Crippen LogP contribution < -0.4 is 24.8 Å². The summed E-state index contributed by atoms with van der Waals surface area (Å²) in [6.07, 6.45) is 3.44. The van der Waals surface area contributed by atoms with E-state index in [4.69, 9.17) is 5.11 Å². The number of rotatable bonds is 0. The van der Waals surface area contributed by atoms with Gasteiger partial charge in [-0.3, -0.25) is 6.08 Å². The molecule has 0 aromatic rings. The molecule has 15 heavy (non-hydrogen) atoms. The smallest absolute Gasteiger partial charge is 1.00 e. The van der Waals surface area contributed by atoms with E-state index in [1.54, 1.807) is 0 Å². The number of aliphatic hydroxyl groups excluding tert-OH is 1. The maximum absolute atomic E-state index is 7.00. The summed E-state index contributed by atoms with van der Waals surface area (Å²) in [4.78, 5) is 0. The average molecular weight is 286 g/mol. The third kappa shape index (κ3) is 6.14. The summed E-state index contributed by atoms with van der Waals surface area (Å²) >= 11 is 0. The molecule has 4 heteroatoms. The van der Waals surface area contributed by atoms with Crippen LogP contribution in [0.2, 0.25) is 0 Å². The van der Waals surface area contributed by atoms with Crippen molar-refractivity contribution in [3.05, 3.63) is 22.8 Å². The zero-order valence-corrected chi connectivity index (χ0v) is 13.3. The van der Waals surface area contributed by atoms with E-state index in [2.05, 4.69) is 40.7 Å². The molecule has 87 valence electrons. The number of hydrogen-bond donors (Lipinski definition) is 1. The quantitative estimate of drug-likeness (QED) is 0.366. The molecule has 0 atom stereocenters. The van der Waals surface area contributed by atoms with Crippen LogP contribution >= 0.6 is 0 Å². The molecule has 0 saturated carbocycles. The van der Waals surface area contributed by atoms with Gasteiger partial charge < -0.3 is 29.9 Å². The van der Waals surface area contributed by atoms with Crippen molar-refractivity contribution in [2.24, 2.45) is 5.41 Å². The van der Waals surface area contributed by atoms with Gasteiger partial charge in [-0.25, -0.2) is 5.57 Å². The summed E-state index contributed by atoms with van der Waals surface area (Å²) < 4.78 is 0. The second-order valence-electron chi connectivity index (χ2n) is 3.62. The summed E-state index contributed by atoms with van der Waals surface area (Å²) in [5.74, 6) is 0. The molecule has 1 radical (unpaired) electrons.